The summed E-state index contributed by atoms with van der Waals surface area (Å²) in [6, 6.07) is 7.42. The minimum Gasteiger partial charge on any atom is -0.478 e. The van der Waals surface area contributed by atoms with E-state index in [9.17, 15) is 4.79 Å². The van der Waals surface area contributed by atoms with Crippen LogP contribution < -0.4 is 10.5 Å². The summed E-state index contributed by atoms with van der Waals surface area (Å²) in [6.45, 7) is 3.86. The molecule has 6 heteroatoms. The molecule has 0 unspecified atom stereocenters. The average molecular weight is 295 g/mol. The van der Waals surface area contributed by atoms with E-state index in [1.165, 1.54) is 0 Å². The predicted octanol–water partition coefficient (Wildman–Crippen LogP) is 1.68. The van der Waals surface area contributed by atoms with Crippen LogP contribution in [0.3, 0.4) is 0 Å². The molecule has 0 aromatic heterocycles. The maximum absolute atomic E-state index is 11.2. The first kappa shape index (κ1) is 16.4. The Kier molecular flexibility index (Phi) is 5.88. The van der Waals surface area contributed by atoms with E-state index < -0.39 is 11.5 Å². The van der Waals surface area contributed by atoms with E-state index in [1.54, 1.807) is 32.3 Å². The molecule has 2 N–H and O–H groups in total. The molecule has 0 aliphatic rings. The van der Waals surface area contributed by atoms with E-state index >= 15 is 0 Å². The second kappa shape index (κ2) is 7.19. The van der Waals surface area contributed by atoms with E-state index in [-0.39, 0.29) is 0 Å². The smallest absolute Gasteiger partial charge is 0.261 e. The summed E-state index contributed by atoms with van der Waals surface area (Å²) in [5, 5.41) is 0. The molecular weight excluding hydrogens is 274 g/mol. The number of carbonyl (C=O) groups excluding carboxylic acids is 1. The highest BCUT2D eigenvalue weighted by atomic mass is 32.1. The molecule has 0 spiro atoms. The Morgan fingerprint density at radius 2 is 2.05 bits per heavy atom. The van der Waals surface area contributed by atoms with Gasteiger partial charge in [0.05, 0.1) is 18.8 Å². The second-order valence-electron chi connectivity index (χ2n) is 4.98. The first-order valence-corrected chi connectivity index (χ1v) is 6.87. The fraction of sp³-hybridized carbons (Fsp3) is 0.429. The second-order valence-corrected chi connectivity index (χ2v) is 5.26. The van der Waals surface area contributed by atoms with Crippen molar-refractivity contribution in [3.05, 3.63) is 29.8 Å². The number of nitrogens with zero attached hydrogens (tertiary/aromatic N) is 2. The molecule has 110 valence electrons. The zero-order chi connectivity index (χ0) is 15.2. The number of benzene rings is 1. The van der Waals surface area contributed by atoms with Crippen molar-refractivity contribution in [2.45, 2.75) is 26.0 Å². The van der Waals surface area contributed by atoms with Crippen molar-refractivity contribution in [1.29, 1.82) is 0 Å². The Morgan fingerprint density at radius 3 is 2.55 bits per heavy atom. The predicted molar refractivity (Wildman–Crippen MR) is 84.2 cm³/mol. The van der Waals surface area contributed by atoms with Gasteiger partial charge in [0.1, 0.15) is 5.75 Å². The van der Waals surface area contributed by atoms with Crippen molar-refractivity contribution in [2.24, 2.45) is 10.7 Å². The van der Waals surface area contributed by atoms with Gasteiger partial charge >= 0.3 is 0 Å². The highest BCUT2D eigenvalue weighted by molar-refractivity contribution is 7.80. The van der Waals surface area contributed by atoms with E-state index in [0.29, 0.717) is 18.2 Å². The minimum absolute atomic E-state index is 0.499. The van der Waals surface area contributed by atoms with E-state index in [0.717, 1.165) is 5.56 Å². The quantitative estimate of drug-likeness (QED) is 0.348. The molecule has 0 fully saturated rings. The third kappa shape index (κ3) is 5.13. The lowest BCUT2D eigenvalue weighted by Gasteiger charge is -2.22. The average Bonchev–Trinajstić information content (AvgIpc) is 2.40. The van der Waals surface area contributed by atoms with Gasteiger partial charge in [-0.2, -0.15) is 12.6 Å². The summed E-state index contributed by atoms with van der Waals surface area (Å²) in [5.41, 5.74) is 5.30. The Balaban J connectivity index is 2.61. The van der Waals surface area contributed by atoms with Crippen molar-refractivity contribution in [1.82, 2.24) is 4.90 Å². The largest absolute Gasteiger partial charge is 0.478 e. The number of primary amides is 1. The molecule has 0 radical (unpaired) electrons. The Hall–Kier alpha value is -1.69. The molecule has 0 saturated heterocycles. The lowest BCUT2D eigenvalue weighted by Crippen LogP contribution is -2.43. The maximum atomic E-state index is 11.2. The van der Waals surface area contributed by atoms with Gasteiger partial charge in [-0.15, -0.1) is 0 Å². The molecule has 1 rings (SSSR count). The van der Waals surface area contributed by atoms with E-state index in [2.05, 4.69) is 17.6 Å². The van der Waals surface area contributed by atoms with E-state index in [1.807, 2.05) is 24.1 Å². The zero-order valence-electron chi connectivity index (χ0n) is 12.0. The van der Waals surface area contributed by atoms with Crippen molar-refractivity contribution in [3.8, 4) is 5.75 Å². The lowest BCUT2D eigenvalue weighted by molar-refractivity contribution is -0.130. The van der Waals surface area contributed by atoms with Gasteiger partial charge in [-0.1, -0.05) is 12.1 Å². The number of ether oxygens (including phenoxy) is 1. The van der Waals surface area contributed by atoms with Crippen LogP contribution in [0.2, 0.25) is 0 Å². The van der Waals surface area contributed by atoms with Crippen molar-refractivity contribution in [3.63, 3.8) is 0 Å². The molecule has 0 aliphatic carbocycles. The van der Waals surface area contributed by atoms with E-state index in [4.69, 9.17) is 10.5 Å². The molecule has 1 amide bonds. The van der Waals surface area contributed by atoms with Crippen LogP contribution in [0.5, 0.6) is 5.75 Å². The number of carbonyl (C=O) groups is 1. The van der Waals surface area contributed by atoms with Gasteiger partial charge < -0.3 is 15.4 Å². The monoisotopic (exact) mass is 295 g/mol. The van der Waals surface area contributed by atoms with Gasteiger partial charge in [0.25, 0.3) is 5.91 Å². The summed E-state index contributed by atoms with van der Waals surface area (Å²) in [6.07, 6.45) is 1.74. The van der Waals surface area contributed by atoms with Crippen LogP contribution in [-0.2, 0) is 11.3 Å². The number of nitrogens with two attached hydrogens (primary N) is 1. The number of rotatable bonds is 7. The molecule has 5 nitrogen and oxygen atoms in total. The first-order valence-electron chi connectivity index (χ1n) is 6.24. The number of aliphatic imine (C=N–C) groups is 1. The summed E-state index contributed by atoms with van der Waals surface area (Å²) >= 11 is 4.13. The topological polar surface area (TPSA) is 67.9 Å². The Labute approximate surface area is 125 Å². The molecule has 0 bridgehead atoms. The van der Waals surface area contributed by atoms with Gasteiger partial charge in [-0.05, 0) is 31.5 Å². The molecule has 0 aliphatic heterocycles. The van der Waals surface area contributed by atoms with Crippen LogP contribution in [0.1, 0.15) is 19.4 Å². The molecule has 0 heterocycles. The first-order chi connectivity index (χ1) is 9.35. The fourth-order valence-corrected chi connectivity index (χ4v) is 1.40. The summed E-state index contributed by atoms with van der Waals surface area (Å²) < 4.78 is 5.55. The van der Waals surface area contributed by atoms with Crippen LogP contribution in [0.25, 0.3) is 0 Å². The minimum atomic E-state index is -1.02. The summed E-state index contributed by atoms with van der Waals surface area (Å²) in [4.78, 5) is 17.3. The Bertz CT molecular complexity index is 472. The van der Waals surface area contributed by atoms with Crippen LogP contribution in [-0.4, -0.2) is 35.7 Å². The third-order valence-electron chi connectivity index (χ3n) is 2.67. The van der Waals surface area contributed by atoms with Crippen molar-refractivity contribution < 1.29 is 9.53 Å². The standard InChI is InChI=1S/C14H21N3O2S/c1-14(2,13(15)18)19-12-6-4-11(5-7-12)8-16-9-17(3)10-20/h4-7,9,20H,8,10H2,1-3H3,(H2,15,18). The van der Waals surface area contributed by atoms with Crippen LogP contribution in [0.4, 0.5) is 0 Å². The van der Waals surface area contributed by atoms with Gasteiger partial charge in [-0.25, -0.2) is 0 Å². The zero-order valence-corrected chi connectivity index (χ0v) is 12.9. The molecule has 1 aromatic rings. The normalized spacial score (nSPS) is 11.6. The Morgan fingerprint density at radius 1 is 1.45 bits per heavy atom. The van der Waals surface area contributed by atoms with Crippen molar-refractivity contribution in [2.75, 3.05) is 12.9 Å². The van der Waals surface area contributed by atoms with Crippen LogP contribution in [0, 0.1) is 0 Å². The van der Waals surface area contributed by atoms with Gasteiger partial charge in [0.2, 0.25) is 0 Å². The van der Waals surface area contributed by atoms with Gasteiger partial charge in [-0.3, -0.25) is 9.79 Å². The van der Waals surface area contributed by atoms with Crippen LogP contribution >= 0.6 is 12.6 Å². The maximum Gasteiger partial charge on any atom is 0.261 e. The molecule has 0 saturated carbocycles. The number of hydrogen-bond donors (Lipinski definition) is 2. The number of amides is 1. The number of thiol groups is 1. The van der Waals surface area contributed by atoms with Gasteiger partial charge in [0.15, 0.2) is 5.60 Å². The molecule has 0 atom stereocenters. The van der Waals surface area contributed by atoms with Gasteiger partial charge in [0, 0.05) is 7.05 Å². The molecule has 20 heavy (non-hydrogen) atoms. The highest BCUT2D eigenvalue weighted by Crippen LogP contribution is 2.19. The van der Waals surface area contributed by atoms with Crippen molar-refractivity contribution >= 4 is 24.9 Å². The third-order valence-corrected chi connectivity index (χ3v) is 3.11. The lowest BCUT2D eigenvalue weighted by atomic mass is 10.1. The fourth-order valence-electron chi connectivity index (χ4n) is 1.33. The van der Waals surface area contributed by atoms with Crippen LogP contribution in [0.15, 0.2) is 29.3 Å². The summed E-state index contributed by atoms with van der Waals surface area (Å²) in [5.74, 6) is 0.730. The SMILES string of the molecule is CN(C=NCc1ccc(OC(C)(C)C(N)=O)cc1)CS. The highest BCUT2D eigenvalue weighted by Gasteiger charge is 2.26. The summed E-state index contributed by atoms with van der Waals surface area (Å²) in [7, 11) is 1.90. The number of hydrogen-bond acceptors (Lipinski definition) is 4. The molecular formula is C14H21N3O2S. The molecule has 1 aromatic carbocycles.